The molecule has 0 amide bonds. The van der Waals surface area contributed by atoms with E-state index in [0.29, 0.717) is 11.5 Å². The molecule has 3 heteroatoms. The molecule has 76 valence electrons. The highest BCUT2D eigenvalue weighted by atomic mass is 14.9. The van der Waals surface area contributed by atoms with Crippen LogP contribution in [0.15, 0.2) is 66.5 Å². The quantitative estimate of drug-likeness (QED) is 0.597. The molecule has 0 saturated heterocycles. The van der Waals surface area contributed by atoms with Crippen molar-refractivity contribution in [3.8, 4) is 0 Å². The van der Waals surface area contributed by atoms with E-state index < -0.39 is 0 Å². The molecule has 1 aromatic rings. The van der Waals surface area contributed by atoms with Crippen molar-refractivity contribution in [2.45, 2.75) is 0 Å². The van der Waals surface area contributed by atoms with Gasteiger partial charge in [-0.2, -0.15) is 0 Å². The van der Waals surface area contributed by atoms with Gasteiger partial charge in [-0.15, -0.1) is 0 Å². The third kappa shape index (κ3) is 2.91. The van der Waals surface area contributed by atoms with Crippen LogP contribution < -0.4 is 5.73 Å². The lowest BCUT2D eigenvalue weighted by molar-refractivity contribution is 1.27. The standard InChI is InChI=1S/C12H13N3/c1-3-10(9-13)11(4-2)15-12-7-5-6-8-14-12/h3-9H,1-2,13H2. The van der Waals surface area contributed by atoms with Crippen LogP contribution in [-0.4, -0.2) is 10.7 Å². The predicted molar refractivity (Wildman–Crippen MR) is 64.0 cm³/mol. The molecule has 0 aliphatic rings. The minimum atomic E-state index is 0.619. The van der Waals surface area contributed by atoms with Crippen LogP contribution in [0.25, 0.3) is 0 Å². The van der Waals surface area contributed by atoms with E-state index in [1.165, 1.54) is 6.20 Å². The highest BCUT2D eigenvalue weighted by Crippen LogP contribution is 2.09. The molecule has 1 rings (SSSR count). The summed E-state index contributed by atoms with van der Waals surface area (Å²) < 4.78 is 0. The van der Waals surface area contributed by atoms with Gasteiger partial charge in [0.2, 0.25) is 0 Å². The SMILES string of the molecule is C=CC(=CN)C(C=C)=Nc1ccccn1. The Morgan fingerprint density at radius 1 is 1.33 bits per heavy atom. The number of aromatic nitrogens is 1. The summed E-state index contributed by atoms with van der Waals surface area (Å²) in [5.74, 6) is 0.619. The molecular formula is C12H13N3. The summed E-state index contributed by atoms with van der Waals surface area (Å²) in [4.78, 5) is 8.37. The highest BCUT2D eigenvalue weighted by Gasteiger charge is 1.98. The van der Waals surface area contributed by atoms with E-state index in [1.807, 2.05) is 12.1 Å². The van der Waals surface area contributed by atoms with Gasteiger partial charge in [0.05, 0.1) is 5.71 Å². The summed E-state index contributed by atoms with van der Waals surface area (Å²) >= 11 is 0. The molecule has 0 radical (unpaired) electrons. The summed E-state index contributed by atoms with van der Waals surface area (Å²) in [7, 11) is 0. The molecule has 3 nitrogen and oxygen atoms in total. The molecule has 0 bridgehead atoms. The maximum atomic E-state index is 5.43. The van der Waals surface area contributed by atoms with Crippen molar-refractivity contribution in [2.24, 2.45) is 10.7 Å². The number of hydrogen-bond donors (Lipinski definition) is 1. The van der Waals surface area contributed by atoms with Gasteiger partial charge in [0.15, 0.2) is 5.82 Å². The average molecular weight is 199 g/mol. The topological polar surface area (TPSA) is 51.3 Å². The third-order valence-corrected chi connectivity index (χ3v) is 1.77. The summed E-state index contributed by atoms with van der Waals surface area (Å²) in [6.45, 7) is 7.32. The number of pyridine rings is 1. The zero-order valence-electron chi connectivity index (χ0n) is 8.43. The molecule has 0 spiro atoms. The van der Waals surface area contributed by atoms with Gasteiger partial charge in [0, 0.05) is 18.0 Å². The molecule has 0 aromatic carbocycles. The summed E-state index contributed by atoms with van der Waals surface area (Å²) in [6.07, 6.45) is 6.37. The van der Waals surface area contributed by atoms with Gasteiger partial charge in [0.1, 0.15) is 0 Å². The molecular weight excluding hydrogens is 186 g/mol. The normalized spacial score (nSPS) is 12.3. The van der Waals surface area contributed by atoms with Crippen LogP contribution in [0.2, 0.25) is 0 Å². The van der Waals surface area contributed by atoms with Gasteiger partial charge in [-0.25, -0.2) is 9.98 Å². The van der Waals surface area contributed by atoms with Crippen LogP contribution in [0.1, 0.15) is 0 Å². The molecule has 0 unspecified atom stereocenters. The Labute approximate surface area is 89.4 Å². The molecule has 1 aromatic heterocycles. The summed E-state index contributed by atoms with van der Waals surface area (Å²) in [5.41, 5.74) is 6.82. The highest BCUT2D eigenvalue weighted by molar-refractivity contribution is 6.10. The molecule has 0 saturated carbocycles. The predicted octanol–water partition coefficient (Wildman–Crippen LogP) is 2.37. The lowest BCUT2D eigenvalue weighted by atomic mass is 10.1. The molecule has 1 heterocycles. The average Bonchev–Trinajstić information content (AvgIpc) is 2.30. The van der Waals surface area contributed by atoms with Crippen LogP contribution in [0.3, 0.4) is 0 Å². The first-order chi connectivity index (χ1) is 7.31. The van der Waals surface area contributed by atoms with E-state index in [2.05, 4.69) is 23.1 Å². The monoisotopic (exact) mass is 199 g/mol. The van der Waals surface area contributed by atoms with E-state index >= 15 is 0 Å². The number of hydrogen-bond acceptors (Lipinski definition) is 3. The third-order valence-electron chi connectivity index (χ3n) is 1.77. The Bertz CT molecular complexity index is 402. The fraction of sp³-hybridized carbons (Fsp3) is 0. The van der Waals surface area contributed by atoms with Crippen LogP contribution in [0.5, 0.6) is 0 Å². The van der Waals surface area contributed by atoms with Crippen molar-refractivity contribution in [3.05, 3.63) is 61.5 Å². The van der Waals surface area contributed by atoms with Crippen LogP contribution in [-0.2, 0) is 0 Å². The van der Waals surface area contributed by atoms with Crippen LogP contribution in [0, 0.1) is 0 Å². The van der Waals surface area contributed by atoms with Crippen molar-refractivity contribution < 1.29 is 0 Å². The smallest absolute Gasteiger partial charge is 0.152 e. The van der Waals surface area contributed by atoms with Crippen molar-refractivity contribution in [2.75, 3.05) is 0 Å². The molecule has 2 N–H and O–H groups in total. The second kappa shape index (κ2) is 5.54. The maximum Gasteiger partial charge on any atom is 0.152 e. The Kier molecular flexibility index (Phi) is 4.04. The van der Waals surface area contributed by atoms with E-state index in [4.69, 9.17) is 5.73 Å². The number of nitrogens with two attached hydrogens (primary N) is 1. The lowest BCUT2D eigenvalue weighted by Crippen LogP contribution is -1.99. The zero-order valence-corrected chi connectivity index (χ0v) is 8.43. The Hall–Kier alpha value is -2.16. The number of nitrogens with zero attached hydrogens (tertiary/aromatic N) is 2. The summed E-state index contributed by atoms with van der Waals surface area (Å²) in [5, 5.41) is 0. The van der Waals surface area contributed by atoms with E-state index in [1.54, 1.807) is 24.4 Å². The second-order valence-corrected chi connectivity index (χ2v) is 2.72. The largest absolute Gasteiger partial charge is 0.404 e. The lowest BCUT2D eigenvalue weighted by Gasteiger charge is -2.00. The fourth-order valence-corrected chi connectivity index (χ4v) is 1.03. The van der Waals surface area contributed by atoms with E-state index in [-0.39, 0.29) is 0 Å². The van der Waals surface area contributed by atoms with Gasteiger partial charge in [0.25, 0.3) is 0 Å². The zero-order chi connectivity index (χ0) is 11.1. The van der Waals surface area contributed by atoms with Crippen molar-refractivity contribution in [1.82, 2.24) is 4.98 Å². The first kappa shape index (κ1) is 10.9. The molecule has 0 aliphatic heterocycles. The van der Waals surface area contributed by atoms with Gasteiger partial charge >= 0.3 is 0 Å². The Morgan fingerprint density at radius 2 is 2.13 bits per heavy atom. The Balaban J connectivity index is 3.08. The number of rotatable bonds is 4. The second-order valence-electron chi connectivity index (χ2n) is 2.72. The van der Waals surface area contributed by atoms with E-state index in [0.717, 1.165) is 5.57 Å². The first-order valence-corrected chi connectivity index (χ1v) is 4.48. The molecule has 0 aliphatic carbocycles. The van der Waals surface area contributed by atoms with Gasteiger partial charge in [-0.05, 0) is 18.2 Å². The fourth-order valence-electron chi connectivity index (χ4n) is 1.03. The number of aliphatic imine (C=N–C) groups is 1. The van der Waals surface area contributed by atoms with Crippen LogP contribution in [0.4, 0.5) is 5.82 Å². The number of allylic oxidation sites excluding steroid dienone is 3. The van der Waals surface area contributed by atoms with Crippen molar-refractivity contribution in [3.63, 3.8) is 0 Å². The summed E-state index contributed by atoms with van der Waals surface area (Å²) in [6, 6.07) is 5.51. The molecule has 0 fully saturated rings. The first-order valence-electron chi connectivity index (χ1n) is 4.48. The van der Waals surface area contributed by atoms with Gasteiger partial charge < -0.3 is 5.73 Å². The molecule has 0 atom stereocenters. The molecule has 15 heavy (non-hydrogen) atoms. The van der Waals surface area contributed by atoms with Crippen molar-refractivity contribution in [1.29, 1.82) is 0 Å². The minimum Gasteiger partial charge on any atom is -0.404 e. The van der Waals surface area contributed by atoms with Crippen LogP contribution >= 0.6 is 0 Å². The van der Waals surface area contributed by atoms with E-state index in [9.17, 15) is 0 Å². The Morgan fingerprint density at radius 3 is 2.60 bits per heavy atom. The van der Waals surface area contributed by atoms with Gasteiger partial charge in [-0.1, -0.05) is 25.3 Å². The maximum absolute atomic E-state index is 5.43. The van der Waals surface area contributed by atoms with Crippen molar-refractivity contribution >= 4 is 11.5 Å². The minimum absolute atomic E-state index is 0.619. The van der Waals surface area contributed by atoms with Gasteiger partial charge in [-0.3, -0.25) is 0 Å².